The van der Waals surface area contributed by atoms with Gasteiger partial charge in [0.15, 0.2) is 0 Å². The van der Waals surface area contributed by atoms with Gasteiger partial charge in [0, 0.05) is 25.2 Å². The van der Waals surface area contributed by atoms with Crippen LogP contribution in [0.15, 0.2) is 24.4 Å². The van der Waals surface area contributed by atoms with Crippen molar-refractivity contribution in [3.63, 3.8) is 0 Å². The number of ketones is 2. The number of allylic oxidation sites excluding steroid dienone is 1. The molecule has 1 aliphatic carbocycles. The normalized spacial score (nSPS) is 13.6. The smallest absolute Gasteiger partial charge is 0.235 e. The summed E-state index contributed by atoms with van der Waals surface area (Å²) >= 11 is 0. The summed E-state index contributed by atoms with van der Waals surface area (Å²) in [6.45, 7) is 0.566. The first-order chi connectivity index (χ1) is 8.74. The fourth-order valence-corrected chi connectivity index (χ4v) is 1.73. The molecule has 0 aliphatic heterocycles. The van der Waals surface area contributed by atoms with E-state index in [1.165, 1.54) is 6.08 Å². The lowest BCUT2D eigenvalue weighted by Gasteiger charge is -2.16. The van der Waals surface area contributed by atoms with Crippen molar-refractivity contribution in [3.05, 3.63) is 35.7 Å². The number of unbranched alkanes of at least 4 members (excludes halogenated alkanes) is 1. The van der Waals surface area contributed by atoms with Crippen LogP contribution in [-0.2, 0) is 4.79 Å². The van der Waals surface area contributed by atoms with E-state index in [0.29, 0.717) is 36.3 Å². The number of carbonyl (C=O) groups excluding carboxylic acids is 2. The number of hydrogen-bond acceptors (Lipinski definition) is 5. The molecule has 0 amide bonds. The lowest BCUT2D eigenvalue weighted by molar-refractivity contribution is -0.111. The molecular formula is C13H11N3O2. The Morgan fingerprint density at radius 2 is 2.22 bits per heavy atom. The van der Waals surface area contributed by atoms with Crippen LogP contribution in [0.2, 0.25) is 0 Å². The number of rotatable bonds is 4. The second-order valence-electron chi connectivity index (χ2n) is 3.84. The maximum atomic E-state index is 11.6. The minimum Gasteiger partial charge on any atom is -0.383 e. The van der Waals surface area contributed by atoms with Crippen molar-refractivity contribution in [2.75, 3.05) is 6.54 Å². The zero-order chi connectivity index (χ0) is 13.0. The maximum Gasteiger partial charge on any atom is 0.235 e. The van der Waals surface area contributed by atoms with Gasteiger partial charge >= 0.3 is 0 Å². The number of nitrogens with one attached hydrogen (secondary N) is 1. The maximum absolute atomic E-state index is 11.6. The van der Waals surface area contributed by atoms with Crippen LogP contribution in [0, 0.1) is 11.3 Å². The number of nitrogens with zero attached hydrogens (tertiary/aromatic N) is 2. The molecule has 5 heteroatoms. The summed E-state index contributed by atoms with van der Waals surface area (Å²) in [7, 11) is 0. The molecule has 0 saturated heterocycles. The monoisotopic (exact) mass is 241 g/mol. The highest BCUT2D eigenvalue weighted by Crippen LogP contribution is 2.20. The van der Waals surface area contributed by atoms with Gasteiger partial charge in [0.2, 0.25) is 11.6 Å². The van der Waals surface area contributed by atoms with E-state index in [1.807, 2.05) is 6.07 Å². The van der Waals surface area contributed by atoms with Crippen LogP contribution >= 0.6 is 0 Å². The van der Waals surface area contributed by atoms with Crippen LogP contribution in [0.3, 0.4) is 0 Å². The number of pyridine rings is 1. The third kappa shape index (κ3) is 2.28. The van der Waals surface area contributed by atoms with Crippen LogP contribution in [0.1, 0.15) is 28.9 Å². The van der Waals surface area contributed by atoms with Crippen molar-refractivity contribution >= 4 is 17.3 Å². The Kier molecular flexibility index (Phi) is 3.49. The molecule has 1 N–H and O–H groups in total. The van der Waals surface area contributed by atoms with E-state index in [-0.39, 0.29) is 0 Å². The van der Waals surface area contributed by atoms with Crippen molar-refractivity contribution in [1.29, 1.82) is 5.26 Å². The summed E-state index contributed by atoms with van der Waals surface area (Å²) in [6.07, 6.45) is 3.97. The highest BCUT2D eigenvalue weighted by Gasteiger charge is 2.26. The Morgan fingerprint density at radius 1 is 1.39 bits per heavy atom. The van der Waals surface area contributed by atoms with Gasteiger partial charge in [-0.05, 0) is 18.6 Å². The Labute approximate surface area is 104 Å². The minimum atomic E-state index is -0.543. The van der Waals surface area contributed by atoms with Gasteiger partial charge in [-0.25, -0.2) is 0 Å². The molecule has 1 aromatic rings. The molecule has 90 valence electrons. The number of carbonyl (C=O) groups is 2. The van der Waals surface area contributed by atoms with Gasteiger partial charge in [0.05, 0.1) is 23.0 Å². The van der Waals surface area contributed by atoms with Gasteiger partial charge in [0.25, 0.3) is 0 Å². The lowest BCUT2D eigenvalue weighted by Crippen LogP contribution is -2.25. The van der Waals surface area contributed by atoms with Crippen LogP contribution < -0.4 is 5.32 Å². The zero-order valence-corrected chi connectivity index (χ0v) is 9.64. The second kappa shape index (κ2) is 5.23. The van der Waals surface area contributed by atoms with E-state index in [4.69, 9.17) is 5.26 Å². The first kappa shape index (κ1) is 12.0. The molecule has 0 radical (unpaired) electrons. The summed E-state index contributed by atoms with van der Waals surface area (Å²) in [5.74, 6) is -1.07. The van der Waals surface area contributed by atoms with E-state index in [9.17, 15) is 9.59 Å². The number of fused-ring (bicyclic) bond motifs is 1. The highest BCUT2D eigenvalue weighted by molar-refractivity contribution is 6.50. The molecule has 0 unspecified atom stereocenters. The van der Waals surface area contributed by atoms with Gasteiger partial charge in [-0.15, -0.1) is 0 Å². The van der Waals surface area contributed by atoms with Gasteiger partial charge in [-0.1, -0.05) is 0 Å². The molecule has 0 aromatic carbocycles. The molecule has 5 nitrogen and oxygen atoms in total. The molecule has 0 bridgehead atoms. The van der Waals surface area contributed by atoms with Crippen molar-refractivity contribution in [3.8, 4) is 6.07 Å². The van der Waals surface area contributed by atoms with E-state index < -0.39 is 11.6 Å². The summed E-state index contributed by atoms with van der Waals surface area (Å²) in [6, 6.07) is 5.26. The fourth-order valence-electron chi connectivity index (χ4n) is 1.73. The molecule has 18 heavy (non-hydrogen) atoms. The van der Waals surface area contributed by atoms with E-state index in [0.717, 1.165) is 0 Å². The van der Waals surface area contributed by atoms with E-state index >= 15 is 0 Å². The third-order valence-electron chi connectivity index (χ3n) is 2.59. The highest BCUT2D eigenvalue weighted by atomic mass is 16.2. The fraction of sp³-hybridized carbons (Fsp3) is 0.231. The number of aromatic nitrogens is 1. The summed E-state index contributed by atoms with van der Waals surface area (Å²) in [4.78, 5) is 27.3. The lowest BCUT2D eigenvalue weighted by atomic mass is 9.97. The molecule has 1 aromatic heterocycles. The zero-order valence-electron chi connectivity index (χ0n) is 9.64. The first-order valence-electron chi connectivity index (χ1n) is 5.60. The minimum absolute atomic E-state index is 0.327. The summed E-state index contributed by atoms with van der Waals surface area (Å²) in [5.41, 5.74) is 1.37. The van der Waals surface area contributed by atoms with Crippen LogP contribution in [0.4, 0.5) is 0 Å². The van der Waals surface area contributed by atoms with E-state index in [2.05, 4.69) is 10.3 Å². The van der Waals surface area contributed by atoms with Crippen molar-refractivity contribution in [2.45, 2.75) is 12.8 Å². The molecule has 0 spiro atoms. The molecule has 0 atom stereocenters. The van der Waals surface area contributed by atoms with Crippen molar-refractivity contribution in [1.82, 2.24) is 10.3 Å². The molecule has 0 fully saturated rings. The topological polar surface area (TPSA) is 82.9 Å². The first-order valence-corrected chi connectivity index (χ1v) is 5.60. The Morgan fingerprint density at radius 3 is 3.00 bits per heavy atom. The van der Waals surface area contributed by atoms with Gasteiger partial charge in [-0.2, -0.15) is 5.26 Å². The van der Waals surface area contributed by atoms with Crippen molar-refractivity contribution < 1.29 is 9.59 Å². The van der Waals surface area contributed by atoms with E-state index in [1.54, 1.807) is 18.3 Å². The van der Waals surface area contributed by atoms with Crippen LogP contribution in [-0.4, -0.2) is 23.1 Å². The SMILES string of the molecule is N#CCCCNC1=CC(=O)C(=O)c2cccnc21. The van der Waals surface area contributed by atoms with Crippen molar-refractivity contribution in [2.24, 2.45) is 0 Å². The molecular weight excluding hydrogens is 230 g/mol. The number of nitriles is 1. The number of hydrogen-bond donors (Lipinski definition) is 1. The predicted octanol–water partition coefficient (Wildman–Crippen LogP) is 1.08. The molecule has 0 saturated carbocycles. The molecule has 1 heterocycles. The Bertz CT molecular complexity index is 570. The Hall–Kier alpha value is -2.48. The standard InChI is InChI=1S/C13H11N3O2/c14-5-1-2-6-15-10-8-11(17)13(18)9-4-3-7-16-12(9)10/h3-4,7-8,15H,1-2,6H2. The number of Topliss-reactive ketones (excluding diaryl/α,β-unsaturated/α-hetero) is 1. The van der Waals surface area contributed by atoms with Gasteiger partial charge < -0.3 is 5.32 Å². The van der Waals surface area contributed by atoms with Crippen LogP contribution in [0.5, 0.6) is 0 Å². The third-order valence-corrected chi connectivity index (χ3v) is 2.59. The molecule has 2 rings (SSSR count). The predicted molar refractivity (Wildman–Crippen MR) is 64.4 cm³/mol. The van der Waals surface area contributed by atoms with Crippen LogP contribution in [0.25, 0.3) is 5.70 Å². The largest absolute Gasteiger partial charge is 0.383 e. The average Bonchev–Trinajstić information content (AvgIpc) is 2.40. The Balaban J connectivity index is 2.20. The summed E-state index contributed by atoms with van der Waals surface area (Å²) in [5, 5.41) is 11.5. The van der Waals surface area contributed by atoms with Gasteiger partial charge in [-0.3, -0.25) is 14.6 Å². The quantitative estimate of drug-likeness (QED) is 0.630. The summed E-state index contributed by atoms with van der Waals surface area (Å²) < 4.78 is 0. The molecule has 1 aliphatic rings. The van der Waals surface area contributed by atoms with Gasteiger partial charge in [0.1, 0.15) is 0 Å². The second-order valence-corrected chi connectivity index (χ2v) is 3.84. The average molecular weight is 241 g/mol.